The smallest absolute Gasteiger partial charge is 0.234 e. The zero-order valence-electron chi connectivity index (χ0n) is 9.90. The van der Waals surface area contributed by atoms with E-state index in [1.165, 1.54) is 0 Å². The summed E-state index contributed by atoms with van der Waals surface area (Å²) in [6, 6.07) is 7.32. The van der Waals surface area contributed by atoms with Gasteiger partial charge >= 0.3 is 0 Å². The highest BCUT2D eigenvalue weighted by Gasteiger charge is 2.31. The van der Waals surface area contributed by atoms with E-state index in [1.807, 2.05) is 38.1 Å². The molecule has 0 aromatic heterocycles. The van der Waals surface area contributed by atoms with Gasteiger partial charge in [-0.3, -0.25) is 14.9 Å². The molecule has 4 nitrogen and oxygen atoms in total. The van der Waals surface area contributed by atoms with Crippen LogP contribution in [0.1, 0.15) is 31.7 Å². The van der Waals surface area contributed by atoms with Crippen LogP contribution >= 0.6 is 0 Å². The van der Waals surface area contributed by atoms with Gasteiger partial charge in [-0.1, -0.05) is 12.1 Å². The zero-order valence-corrected chi connectivity index (χ0v) is 9.90. The Hall–Kier alpha value is -1.84. The topological polar surface area (TPSA) is 55.4 Å². The molecule has 0 radical (unpaired) electrons. The number of benzene rings is 1. The minimum Gasteiger partial charge on any atom is -0.491 e. The predicted octanol–water partition coefficient (Wildman–Crippen LogP) is 1.60. The number of carbonyl (C=O) groups excluding carboxylic acids is 2. The predicted molar refractivity (Wildman–Crippen MR) is 62.7 cm³/mol. The van der Waals surface area contributed by atoms with Gasteiger partial charge in [-0.15, -0.1) is 0 Å². The lowest BCUT2D eigenvalue weighted by Gasteiger charge is -2.11. The van der Waals surface area contributed by atoms with E-state index in [-0.39, 0.29) is 30.3 Å². The quantitative estimate of drug-likeness (QED) is 0.807. The lowest BCUT2D eigenvalue weighted by atomic mass is 9.98. The number of hydrogen-bond donors (Lipinski definition) is 1. The first-order valence-corrected chi connectivity index (χ1v) is 5.66. The van der Waals surface area contributed by atoms with Crippen LogP contribution in [0.25, 0.3) is 0 Å². The van der Waals surface area contributed by atoms with Gasteiger partial charge < -0.3 is 4.74 Å². The molecule has 4 heteroatoms. The summed E-state index contributed by atoms with van der Waals surface area (Å²) in [6.07, 6.45) is 0.362. The monoisotopic (exact) mass is 233 g/mol. The molecule has 1 saturated heterocycles. The van der Waals surface area contributed by atoms with Crippen molar-refractivity contribution in [2.45, 2.75) is 32.3 Å². The number of hydrogen-bond acceptors (Lipinski definition) is 3. The fraction of sp³-hybridized carbons (Fsp3) is 0.385. The first kappa shape index (κ1) is 11.6. The Morgan fingerprint density at radius 2 is 1.88 bits per heavy atom. The van der Waals surface area contributed by atoms with Crippen LogP contribution in [-0.2, 0) is 9.59 Å². The second kappa shape index (κ2) is 4.57. The second-order valence-electron chi connectivity index (χ2n) is 4.40. The lowest BCUT2D eigenvalue weighted by Crippen LogP contribution is -2.21. The van der Waals surface area contributed by atoms with Gasteiger partial charge in [0.05, 0.1) is 12.0 Å². The largest absolute Gasteiger partial charge is 0.491 e. The Kier molecular flexibility index (Phi) is 3.13. The third-order valence-electron chi connectivity index (χ3n) is 2.62. The fourth-order valence-electron chi connectivity index (χ4n) is 1.87. The zero-order chi connectivity index (χ0) is 12.4. The van der Waals surface area contributed by atoms with Crippen molar-refractivity contribution < 1.29 is 14.3 Å². The molecule has 1 aromatic carbocycles. The van der Waals surface area contributed by atoms with E-state index in [9.17, 15) is 9.59 Å². The van der Waals surface area contributed by atoms with Gasteiger partial charge in [0.2, 0.25) is 11.8 Å². The Balaban J connectivity index is 2.13. The maximum Gasteiger partial charge on any atom is 0.234 e. The number of ether oxygens (including phenoxy) is 1. The first-order valence-electron chi connectivity index (χ1n) is 5.66. The van der Waals surface area contributed by atoms with Crippen LogP contribution in [0.15, 0.2) is 24.3 Å². The number of imide groups is 1. The fourth-order valence-corrected chi connectivity index (χ4v) is 1.87. The van der Waals surface area contributed by atoms with Crippen LogP contribution in [0.2, 0.25) is 0 Å². The van der Waals surface area contributed by atoms with Crippen molar-refractivity contribution in [2.24, 2.45) is 0 Å². The van der Waals surface area contributed by atoms with Crippen LogP contribution < -0.4 is 10.1 Å². The summed E-state index contributed by atoms with van der Waals surface area (Å²) >= 11 is 0. The molecule has 1 aromatic rings. The molecule has 0 unspecified atom stereocenters. The van der Waals surface area contributed by atoms with E-state index < -0.39 is 0 Å². The van der Waals surface area contributed by atoms with Crippen molar-refractivity contribution in [1.82, 2.24) is 5.32 Å². The summed E-state index contributed by atoms with van der Waals surface area (Å²) in [5.41, 5.74) is 0.851. The summed E-state index contributed by atoms with van der Waals surface area (Å²) in [5.74, 6) is -0.000818. The van der Waals surface area contributed by atoms with Crippen LogP contribution in [0.4, 0.5) is 0 Å². The molecule has 1 atom stereocenters. The number of carbonyl (C=O) groups is 2. The molecule has 1 heterocycles. The van der Waals surface area contributed by atoms with Crippen LogP contribution in [-0.4, -0.2) is 17.9 Å². The molecule has 1 N–H and O–H groups in total. The summed E-state index contributed by atoms with van der Waals surface area (Å²) in [4.78, 5) is 22.6. The summed E-state index contributed by atoms with van der Waals surface area (Å²) in [6.45, 7) is 3.91. The van der Waals surface area contributed by atoms with Crippen molar-refractivity contribution in [3.63, 3.8) is 0 Å². The molecule has 1 aliphatic heterocycles. The maximum atomic E-state index is 11.5. The molecule has 1 aliphatic rings. The molecule has 1 fully saturated rings. The third-order valence-corrected chi connectivity index (χ3v) is 2.62. The molecular weight excluding hydrogens is 218 g/mol. The van der Waals surface area contributed by atoms with E-state index in [0.717, 1.165) is 11.3 Å². The van der Waals surface area contributed by atoms with Crippen molar-refractivity contribution in [1.29, 1.82) is 0 Å². The average Bonchev–Trinajstić information content (AvgIpc) is 2.58. The molecule has 0 bridgehead atoms. The summed E-state index contributed by atoms with van der Waals surface area (Å²) in [7, 11) is 0. The van der Waals surface area contributed by atoms with Crippen molar-refractivity contribution in [2.75, 3.05) is 0 Å². The maximum absolute atomic E-state index is 11.5. The second-order valence-corrected chi connectivity index (χ2v) is 4.40. The molecule has 0 aliphatic carbocycles. The Labute approximate surface area is 100.0 Å². The van der Waals surface area contributed by atoms with E-state index in [2.05, 4.69) is 5.32 Å². The van der Waals surface area contributed by atoms with Crippen LogP contribution in [0, 0.1) is 0 Å². The third kappa shape index (κ3) is 2.64. The van der Waals surface area contributed by atoms with Gasteiger partial charge in [0.15, 0.2) is 0 Å². The minimum absolute atomic E-state index is 0.122. The Morgan fingerprint density at radius 3 is 2.35 bits per heavy atom. The molecule has 2 amide bonds. The van der Waals surface area contributed by atoms with Gasteiger partial charge in [-0.2, -0.15) is 0 Å². The number of nitrogens with one attached hydrogen (secondary N) is 1. The molecule has 17 heavy (non-hydrogen) atoms. The van der Waals surface area contributed by atoms with Gasteiger partial charge in [0.1, 0.15) is 5.75 Å². The SMILES string of the molecule is CC(C)Oc1ccc([C@H]2CC(=O)NC2=O)cc1. The standard InChI is InChI=1S/C13H15NO3/c1-8(2)17-10-5-3-9(4-6-10)11-7-12(15)14-13(11)16/h3-6,8,11H,7H2,1-2H3,(H,14,15,16)/t11-/m1/s1. The molecular formula is C13H15NO3. The van der Waals surface area contributed by atoms with Crippen molar-refractivity contribution >= 4 is 11.8 Å². The average molecular weight is 233 g/mol. The lowest BCUT2D eigenvalue weighted by molar-refractivity contribution is -0.125. The molecule has 90 valence electrons. The summed E-state index contributed by atoms with van der Waals surface area (Å²) in [5, 5.41) is 2.30. The van der Waals surface area contributed by atoms with Crippen LogP contribution in [0.3, 0.4) is 0 Å². The van der Waals surface area contributed by atoms with Crippen molar-refractivity contribution in [3.05, 3.63) is 29.8 Å². The molecule has 2 rings (SSSR count). The normalized spacial score (nSPS) is 19.6. The van der Waals surface area contributed by atoms with E-state index in [4.69, 9.17) is 4.74 Å². The first-order chi connectivity index (χ1) is 8.06. The van der Waals surface area contributed by atoms with E-state index >= 15 is 0 Å². The number of rotatable bonds is 3. The van der Waals surface area contributed by atoms with Crippen LogP contribution in [0.5, 0.6) is 5.75 Å². The Bertz CT molecular complexity index is 436. The van der Waals surface area contributed by atoms with Gasteiger partial charge in [-0.25, -0.2) is 0 Å². The highest BCUT2D eigenvalue weighted by atomic mass is 16.5. The van der Waals surface area contributed by atoms with Gasteiger partial charge in [0, 0.05) is 6.42 Å². The highest BCUT2D eigenvalue weighted by molar-refractivity contribution is 6.06. The number of amides is 2. The van der Waals surface area contributed by atoms with E-state index in [1.54, 1.807) is 0 Å². The van der Waals surface area contributed by atoms with E-state index in [0.29, 0.717) is 0 Å². The summed E-state index contributed by atoms with van der Waals surface area (Å²) < 4.78 is 5.51. The van der Waals surface area contributed by atoms with Crippen molar-refractivity contribution in [3.8, 4) is 5.75 Å². The van der Waals surface area contributed by atoms with Gasteiger partial charge in [0.25, 0.3) is 0 Å². The molecule has 0 spiro atoms. The van der Waals surface area contributed by atoms with Gasteiger partial charge in [-0.05, 0) is 31.5 Å². The Morgan fingerprint density at radius 1 is 1.24 bits per heavy atom. The molecule has 0 saturated carbocycles. The minimum atomic E-state index is -0.351. The highest BCUT2D eigenvalue weighted by Crippen LogP contribution is 2.26.